The zero-order valence-corrected chi connectivity index (χ0v) is 20.8. The number of para-hydroxylation sites is 1. The first-order chi connectivity index (χ1) is 18.5. The quantitative estimate of drug-likeness (QED) is 0.276. The van der Waals surface area contributed by atoms with Gasteiger partial charge in [0.2, 0.25) is 5.91 Å². The molecule has 1 atom stereocenters. The Morgan fingerprint density at radius 3 is 2.61 bits per heavy atom. The Bertz CT molecular complexity index is 1450. The van der Waals surface area contributed by atoms with Gasteiger partial charge in [0.1, 0.15) is 35.9 Å². The number of carbonyl (C=O) groups excluding carboxylic acids is 2. The van der Waals surface area contributed by atoms with Crippen LogP contribution in [0.3, 0.4) is 0 Å². The van der Waals surface area contributed by atoms with E-state index in [0.29, 0.717) is 41.4 Å². The van der Waals surface area contributed by atoms with E-state index in [1.165, 1.54) is 6.33 Å². The van der Waals surface area contributed by atoms with Crippen LogP contribution in [0, 0.1) is 0 Å². The molecule has 0 aliphatic carbocycles. The van der Waals surface area contributed by atoms with Crippen LogP contribution in [0.1, 0.15) is 25.3 Å². The first-order valence-electron chi connectivity index (χ1n) is 12.4. The molecule has 1 aliphatic rings. The van der Waals surface area contributed by atoms with Gasteiger partial charge in [0, 0.05) is 24.7 Å². The van der Waals surface area contributed by atoms with Crippen LogP contribution in [0.4, 0.5) is 5.82 Å². The Kier molecular flexibility index (Phi) is 7.30. The summed E-state index contributed by atoms with van der Waals surface area (Å²) in [7, 11) is 0. The molecule has 1 amide bonds. The molecule has 2 aromatic carbocycles. The van der Waals surface area contributed by atoms with Gasteiger partial charge in [0.25, 0.3) is 0 Å². The Morgan fingerprint density at radius 2 is 1.84 bits per heavy atom. The van der Waals surface area contributed by atoms with E-state index in [9.17, 15) is 9.59 Å². The standard InChI is InChI=1S/C28H28N6O4/c1-2-24(36)37-16-14-23(35)33-15-6-7-20(17-33)34-28-25(27(29)30-18-31-28)26(32-34)19-10-12-22(13-11-19)38-21-8-4-3-5-9-21/h2-5,8-13,18,20H,1,6-7,14-17H2,(H2,29,30,31)/t20-/m0/s1. The van der Waals surface area contributed by atoms with Crippen molar-refractivity contribution in [1.82, 2.24) is 24.6 Å². The van der Waals surface area contributed by atoms with Crippen LogP contribution in [-0.2, 0) is 14.3 Å². The monoisotopic (exact) mass is 512 g/mol. The highest BCUT2D eigenvalue weighted by atomic mass is 16.5. The maximum Gasteiger partial charge on any atom is 0.330 e. The molecule has 0 bridgehead atoms. The van der Waals surface area contributed by atoms with E-state index < -0.39 is 5.97 Å². The van der Waals surface area contributed by atoms with Crippen molar-refractivity contribution in [3.8, 4) is 22.8 Å². The van der Waals surface area contributed by atoms with Crippen LogP contribution >= 0.6 is 0 Å². The van der Waals surface area contributed by atoms with Gasteiger partial charge < -0.3 is 20.1 Å². The summed E-state index contributed by atoms with van der Waals surface area (Å²) in [5, 5.41) is 5.59. The van der Waals surface area contributed by atoms with Gasteiger partial charge in [-0.05, 0) is 49.2 Å². The summed E-state index contributed by atoms with van der Waals surface area (Å²) in [6.07, 6.45) is 4.27. The number of carbonyl (C=O) groups is 2. The van der Waals surface area contributed by atoms with Crippen molar-refractivity contribution in [3.63, 3.8) is 0 Å². The van der Waals surface area contributed by atoms with E-state index in [2.05, 4.69) is 16.5 Å². The lowest BCUT2D eigenvalue weighted by Crippen LogP contribution is -2.41. The number of benzene rings is 2. The van der Waals surface area contributed by atoms with Gasteiger partial charge in [-0.1, -0.05) is 24.8 Å². The second kappa shape index (κ2) is 11.1. The van der Waals surface area contributed by atoms with Gasteiger partial charge in [-0.15, -0.1) is 0 Å². The van der Waals surface area contributed by atoms with Crippen LogP contribution in [-0.4, -0.2) is 56.2 Å². The van der Waals surface area contributed by atoms with Gasteiger partial charge in [-0.3, -0.25) is 4.79 Å². The van der Waals surface area contributed by atoms with Gasteiger partial charge in [-0.25, -0.2) is 19.4 Å². The maximum absolute atomic E-state index is 12.8. The molecule has 10 nitrogen and oxygen atoms in total. The van der Waals surface area contributed by atoms with Crippen molar-refractivity contribution >= 4 is 28.7 Å². The fraction of sp³-hybridized carbons (Fsp3) is 0.250. The second-order valence-electron chi connectivity index (χ2n) is 8.95. The molecule has 1 fully saturated rings. The number of ether oxygens (including phenoxy) is 2. The molecule has 0 radical (unpaired) electrons. The number of hydrogen-bond donors (Lipinski definition) is 1. The predicted octanol–water partition coefficient (Wildman–Crippen LogP) is 4.15. The van der Waals surface area contributed by atoms with Crippen LogP contribution < -0.4 is 10.5 Å². The predicted molar refractivity (Wildman–Crippen MR) is 142 cm³/mol. The van der Waals surface area contributed by atoms with Gasteiger partial charge in [-0.2, -0.15) is 5.10 Å². The third-order valence-corrected chi connectivity index (χ3v) is 6.45. The molecule has 4 aromatic rings. The van der Waals surface area contributed by atoms with Crippen molar-refractivity contribution in [2.75, 3.05) is 25.4 Å². The highest BCUT2D eigenvalue weighted by Crippen LogP contribution is 2.35. The summed E-state index contributed by atoms with van der Waals surface area (Å²) >= 11 is 0. The molecule has 10 heteroatoms. The summed E-state index contributed by atoms with van der Waals surface area (Å²) in [4.78, 5) is 34.5. The molecule has 194 valence electrons. The number of aromatic nitrogens is 4. The molecule has 0 spiro atoms. The average molecular weight is 513 g/mol. The molecule has 0 unspecified atom stereocenters. The Morgan fingerprint density at radius 1 is 1.08 bits per heavy atom. The number of fused-ring (bicyclic) bond motifs is 1. The van der Waals surface area contributed by atoms with Crippen molar-refractivity contribution in [2.24, 2.45) is 0 Å². The normalized spacial score (nSPS) is 15.3. The van der Waals surface area contributed by atoms with Crippen LogP contribution in [0.25, 0.3) is 22.3 Å². The first-order valence-corrected chi connectivity index (χ1v) is 12.4. The minimum Gasteiger partial charge on any atom is -0.462 e. The Balaban J connectivity index is 1.38. The number of hydrogen-bond acceptors (Lipinski definition) is 8. The number of piperidine rings is 1. The molecule has 1 aliphatic heterocycles. The molecule has 2 N–H and O–H groups in total. The van der Waals surface area contributed by atoms with Crippen molar-refractivity contribution in [1.29, 1.82) is 0 Å². The molecule has 0 saturated carbocycles. The molecule has 1 saturated heterocycles. The topological polar surface area (TPSA) is 125 Å². The number of nitrogen functional groups attached to an aromatic ring is 1. The lowest BCUT2D eigenvalue weighted by Gasteiger charge is -2.33. The molecular formula is C28H28N6O4. The Labute approximate surface area is 219 Å². The van der Waals surface area contributed by atoms with E-state index in [1.54, 1.807) is 4.90 Å². The molecule has 3 heterocycles. The van der Waals surface area contributed by atoms with Crippen molar-refractivity contribution < 1.29 is 19.1 Å². The van der Waals surface area contributed by atoms with Crippen LogP contribution in [0.15, 0.2) is 73.6 Å². The fourth-order valence-corrected chi connectivity index (χ4v) is 4.59. The average Bonchev–Trinajstić information content (AvgIpc) is 3.35. The minimum atomic E-state index is -0.540. The second-order valence-corrected chi connectivity index (χ2v) is 8.95. The summed E-state index contributed by atoms with van der Waals surface area (Å²) in [6, 6.07) is 17.1. The van der Waals surface area contributed by atoms with E-state index in [4.69, 9.17) is 20.3 Å². The van der Waals surface area contributed by atoms with Crippen LogP contribution in [0.2, 0.25) is 0 Å². The smallest absolute Gasteiger partial charge is 0.330 e. The summed E-state index contributed by atoms with van der Waals surface area (Å²) in [5.74, 6) is 1.18. The highest BCUT2D eigenvalue weighted by molar-refractivity contribution is 5.98. The highest BCUT2D eigenvalue weighted by Gasteiger charge is 2.28. The van der Waals surface area contributed by atoms with Gasteiger partial charge in [0.15, 0.2) is 5.65 Å². The largest absolute Gasteiger partial charge is 0.462 e. The zero-order valence-electron chi connectivity index (χ0n) is 20.8. The number of amides is 1. The number of likely N-dealkylation sites (tertiary alicyclic amines) is 1. The number of nitrogens with zero attached hydrogens (tertiary/aromatic N) is 5. The number of rotatable bonds is 8. The molecule has 38 heavy (non-hydrogen) atoms. The Hall–Kier alpha value is -4.73. The molecular weight excluding hydrogens is 484 g/mol. The molecule has 5 rings (SSSR count). The molecule has 2 aromatic heterocycles. The van der Waals surface area contributed by atoms with Gasteiger partial charge >= 0.3 is 5.97 Å². The van der Waals surface area contributed by atoms with E-state index in [-0.39, 0.29) is 25.0 Å². The summed E-state index contributed by atoms with van der Waals surface area (Å²) in [6.45, 7) is 4.49. The summed E-state index contributed by atoms with van der Waals surface area (Å²) in [5.41, 5.74) is 8.44. The van der Waals surface area contributed by atoms with E-state index >= 15 is 0 Å². The number of nitrogens with two attached hydrogens (primary N) is 1. The summed E-state index contributed by atoms with van der Waals surface area (Å²) < 4.78 is 12.7. The number of esters is 1. The third kappa shape index (κ3) is 5.34. The lowest BCUT2D eigenvalue weighted by atomic mass is 10.1. The SMILES string of the molecule is C=CC(=O)OCCC(=O)N1CCC[C@H](n2nc(-c3ccc(Oc4ccccc4)cc3)c3c(N)ncnc32)C1. The fourth-order valence-electron chi connectivity index (χ4n) is 4.59. The van der Waals surface area contributed by atoms with E-state index in [1.807, 2.05) is 59.3 Å². The van der Waals surface area contributed by atoms with Crippen molar-refractivity contribution in [2.45, 2.75) is 25.3 Å². The number of anilines is 1. The lowest BCUT2D eigenvalue weighted by molar-refractivity contribution is -0.140. The maximum atomic E-state index is 12.8. The van der Waals surface area contributed by atoms with E-state index in [0.717, 1.165) is 30.2 Å². The van der Waals surface area contributed by atoms with Crippen molar-refractivity contribution in [3.05, 3.63) is 73.6 Å². The minimum absolute atomic E-state index is 0.0213. The van der Waals surface area contributed by atoms with Crippen LogP contribution in [0.5, 0.6) is 11.5 Å². The first kappa shape index (κ1) is 24.9. The van der Waals surface area contributed by atoms with Gasteiger partial charge in [0.05, 0.1) is 17.8 Å². The zero-order chi connectivity index (χ0) is 26.5. The third-order valence-electron chi connectivity index (χ3n) is 6.45.